The van der Waals surface area contributed by atoms with Crippen molar-refractivity contribution in [2.24, 2.45) is 11.8 Å². The second kappa shape index (κ2) is 9.33. The van der Waals surface area contributed by atoms with Crippen molar-refractivity contribution in [2.75, 3.05) is 30.3 Å². The van der Waals surface area contributed by atoms with Gasteiger partial charge in [-0.2, -0.15) is 0 Å². The van der Waals surface area contributed by atoms with Crippen molar-refractivity contribution in [3.05, 3.63) is 70.3 Å². The fourth-order valence-electron chi connectivity index (χ4n) is 6.52. The molecule has 37 heavy (non-hydrogen) atoms. The van der Waals surface area contributed by atoms with Gasteiger partial charge in [-0.1, -0.05) is 29.8 Å². The van der Waals surface area contributed by atoms with Gasteiger partial charge in [0.2, 0.25) is 10.0 Å². The predicted octanol–water partition coefficient (Wildman–Crippen LogP) is 3.83. The second-order valence-corrected chi connectivity index (χ2v) is 13.1. The van der Waals surface area contributed by atoms with E-state index < -0.39 is 22.0 Å². The maximum absolute atomic E-state index is 12.9. The van der Waals surface area contributed by atoms with E-state index in [4.69, 9.17) is 16.3 Å². The van der Waals surface area contributed by atoms with Crippen molar-refractivity contribution in [3.8, 4) is 5.75 Å². The largest absolute Gasteiger partial charge is 0.490 e. The van der Waals surface area contributed by atoms with Crippen molar-refractivity contribution < 1.29 is 23.1 Å². The molecule has 1 spiro atoms. The molecule has 2 heterocycles. The van der Waals surface area contributed by atoms with E-state index in [0.29, 0.717) is 18.9 Å². The highest BCUT2D eigenvalue weighted by Crippen LogP contribution is 2.46. The highest BCUT2D eigenvalue weighted by Gasteiger charge is 2.44. The van der Waals surface area contributed by atoms with Crippen LogP contribution in [0.4, 0.5) is 5.69 Å². The zero-order chi connectivity index (χ0) is 25.8. The molecule has 0 saturated heterocycles. The van der Waals surface area contributed by atoms with Crippen LogP contribution in [0.15, 0.2) is 48.6 Å². The van der Waals surface area contributed by atoms with Gasteiger partial charge < -0.3 is 14.7 Å². The maximum Gasteiger partial charge on any atom is 0.264 e. The molecule has 1 fully saturated rings. The number of nitrogens with one attached hydrogen (secondary N) is 1. The van der Waals surface area contributed by atoms with E-state index >= 15 is 0 Å². The number of sulfonamides is 1. The lowest BCUT2D eigenvalue weighted by Gasteiger charge is -2.45. The third kappa shape index (κ3) is 4.64. The Morgan fingerprint density at radius 3 is 2.84 bits per heavy atom. The topological polar surface area (TPSA) is 95.9 Å². The lowest BCUT2D eigenvalue weighted by Crippen LogP contribution is -2.49. The van der Waals surface area contributed by atoms with E-state index in [1.165, 1.54) is 17.2 Å². The summed E-state index contributed by atoms with van der Waals surface area (Å²) >= 11 is 6.34. The van der Waals surface area contributed by atoms with Crippen molar-refractivity contribution in [3.63, 3.8) is 0 Å². The van der Waals surface area contributed by atoms with Crippen LogP contribution in [0.3, 0.4) is 0 Å². The van der Waals surface area contributed by atoms with Crippen LogP contribution in [-0.2, 0) is 21.9 Å². The summed E-state index contributed by atoms with van der Waals surface area (Å²) < 4.78 is 33.6. The number of aliphatic hydroxyl groups excluding tert-OH is 1. The van der Waals surface area contributed by atoms with Crippen LogP contribution in [0.2, 0.25) is 5.02 Å². The molecular formula is C28H31ClN2O5S. The minimum absolute atomic E-state index is 0.0562. The summed E-state index contributed by atoms with van der Waals surface area (Å²) in [6.45, 7) is 1.93. The first-order chi connectivity index (χ1) is 17.7. The third-order valence-corrected chi connectivity index (χ3v) is 9.93. The van der Waals surface area contributed by atoms with Crippen molar-refractivity contribution in [1.82, 2.24) is 4.72 Å². The van der Waals surface area contributed by atoms with Crippen LogP contribution in [0, 0.1) is 11.8 Å². The van der Waals surface area contributed by atoms with Crippen molar-refractivity contribution in [1.29, 1.82) is 0 Å². The molecule has 6 rings (SSSR count). The highest BCUT2D eigenvalue weighted by atomic mass is 35.5. The minimum atomic E-state index is -3.88. The van der Waals surface area contributed by atoms with Crippen LogP contribution in [-0.4, -0.2) is 51.0 Å². The molecule has 0 unspecified atom stereocenters. The molecule has 9 heteroatoms. The van der Waals surface area contributed by atoms with Gasteiger partial charge in [0, 0.05) is 29.1 Å². The minimum Gasteiger partial charge on any atom is -0.490 e. The molecule has 2 N–H and O–H groups in total. The zero-order valence-corrected chi connectivity index (χ0v) is 22.1. The summed E-state index contributed by atoms with van der Waals surface area (Å²) in [6, 6.07) is 11.3. The van der Waals surface area contributed by atoms with Gasteiger partial charge in [-0.05, 0) is 85.4 Å². The number of rotatable bonds is 0. The number of anilines is 1. The standard InChI is InChI=1S/C28H31ClN2O5S/c29-21-7-9-23-18(13-21)3-1-11-28(23)16-31-15-20-5-8-22(20)25(32)4-2-12-37(34,35)30-27(33)19-6-10-26(36-17-28)24(31)14-19/h2,4,6-7,9-10,13-14,20,22,25,32H,1,3,5,8,11-12,15-17H2,(H,30,33)/b4-2-/t20-,22+,25-,28-/m0/s1. The number of aliphatic hydroxyl groups is 1. The van der Waals surface area contributed by atoms with E-state index in [1.54, 1.807) is 24.3 Å². The normalized spacial score (nSPS) is 31.5. The average molecular weight is 543 g/mol. The van der Waals surface area contributed by atoms with Crippen LogP contribution in [0.5, 0.6) is 5.75 Å². The number of amides is 1. The van der Waals surface area contributed by atoms with E-state index in [-0.39, 0.29) is 28.6 Å². The van der Waals surface area contributed by atoms with Crippen molar-refractivity contribution >= 4 is 33.2 Å². The number of nitrogens with zero attached hydrogens (tertiary/aromatic N) is 1. The predicted molar refractivity (Wildman–Crippen MR) is 143 cm³/mol. The molecule has 0 radical (unpaired) electrons. The van der Waals surface area contributed by atoms with Gasteiger partial charge in [0.25, 0.3) is 5.91 Å². The van der Waals surface area contributed by atoms with E-state index in [1.807, 2.05) is 6.07 Å². The summed E-state index contributed by atoms with van der Waals surface area (Å²) in [7, 11) is -3.88. The van der Waals surface area contributed by atoms with E-state index in [2.05, 4.69) is 21.8 Å². The number of benzene rings is 2. The summed E-state index contributed by atoms with van der Waals surface area (Å²) in [4.78, 5) is 15.2. The lowest BCUT2D eigenvalue weighted by molar-refractivity contribution is 0.0457. The summed E-state index contributed by atoms with van der Waals surface area (Å²) in [5.74, 6) is -0.0550. The molecule has 2 bridgehead atoms. The fourth-order valence-corrected chi connectivity index (χ4v) is 7.56. The Morgan fingerprint density at radius 1 is 1.16 bits per heavy atom. The number of hydrogen-bond donors (Lipinski definition) is 2. The molecule has 196 valence electrons. The van der Waals surface area contributed by atoms with Crippen LogP contribution >= 0.6 is 11.6 Å². The van der Waals surface area contributed by atoms with E-state index in [9.17, 15) is 18.3 Å². The number of aryl methyl sites for hydroxylation is 1. The van der Waals surface area contributed by atoms with Gasteiger partial charge in [0.15, 0.2) is 0 Å². The molecule has 2 aromatic rings. The lowest BCUT2D eigenvalue weighted by atomic mass is 9.68. The second-order valence-electron chi connectivity index (χ2n) is 10.9. The maximum atomic E-state index is 12.9. The highest BCUT2D eigenvalue weighted by molar-refractivity contribution is 7.90. The number of carbonyl (C=O) groups is 1. The molecule has 0 aromatic heterocycles. The Kier molecular flexibility index (Phi) is 6.24. The molecule has 7 nitrogen and oxygen atoms in total. The van der Waals surface area contributed by atoms with Crippen LogP contribution in [0.25, 0.3) is 0 Å². The Morgan fingerprint density at radius 2 is 2.03 bits per heavy atom. The van der Waals surface area contributed by atoms with Gasteiger partial charge in [-0.25, -0.2) is 13.1 Å². The first-order valence-corrected chi connectivity index (χ1v) is 15.0. The SMILES string of the molecule is O=C1NS(=O)(=O)C/C=C\[C@H](O)[C@@H]2CC[C@H]2CN2C[C@@]3(CCCc4cc(Cl)ccc43)COc3ccc1cc32. The Hall–Kier alpha value is -2.55. The van der Waals surface area contributed by atoms with Gasteiger partial charge >= 0.3 is 0 Å². The van der Waals surface area contributed by atoms with Gasteiger partial charge in [0.05, 0.1) is 24.2 Å². The molecule has 2 aliphatic heterocycles. The van der Waals surface area contributed by atoms with E-state index in [0.717, 1.165) is 49.4 Å². The quantitative estimate of drug-likeness (QED) is 0.491. The number of ether oxygens (including phenoxy) is 1. The molecule has 1 amide bonds. The molecular weight excluding hydrogens is 512 g/mol. The number of halogens is 1. The number of carbonyl (C=O) groups excluding carboxylic acids is 1. The Labute approximate surface area is 222 Å². The number of hydrogen-bond acceptors (Lipinski definition) is 6. The molecule has 4 aliphatic rings. The van der Waals surface area contributed by atoms with Gasteiger partial charge in [0.1, 0.15) is 5.75 Å². The molecule has 2 aromatic carbocycles. The fraction of sp³-hybridized carbons (Fsp3) is 0.464. The summed E-state index contributed by atoms with van der Waals surface area (Å²) in [5.41, 5.74) is 3.33. The van der Waals surface area contributed by atoms with Gasteiger partial charge in [-0.15, -0.1) is 0 Å². The molecule has 4 atom stereocenters. The van der Waals surface area contributed by atoms with Gasteiger partial charge in [-0.3, -0.25) is 4.79 Å². The molecule has 1 saturated carbocycles. The molecule has 2 aliphatic carbocycles. The van der Waals surface area contributed by atoms with Crippen LogP contribution < -0.4 is 14.4 Å². The first-order valence-electron chi connectivity index (χ1n) is 12.9. The third-order valence-electron chi connectivity index (χ3n) is 8.57. The monoisotopic (exact) mass is 542 g/mol. The average Bonchev–Trinajstić information content (AvgIpc) is 2.98. The Bertz CT molecular complexity index is 1380. The summed E-state index contributed by atoms with van der Waals surface area (Å²) in [6.07, 6.45) is 7.13. The first kappa shape index (κ1) is 24.8. The number of fused-ring (bicyclic) bond motifs is 4. The van der Waals surface area contributed by atoms with Crippen LogP contribution in [0.1, 0.15) is 47.2 Å². The smallest absolute Gasteiger partial charge is 0.264 e. The Balaban J connectivity index is 1.44. The zero-order valence-electron chi connectivity index (χ0n) is 20.5. The summed E-state index contributed by atoms with van der Waals surface area (Å²) in [5, 5.41) is 11.6. The van der Waals surface area contributed by atoms with Crippen molar-refractivity contribution in [2.45, 2.75) is 43.6 Å².